The van der Waals surface area contributed by atoms with Crippen LogP contribution in [-0.4, -0.2) is 45.9 Å². The van der Waals surface area contributed by atoms with Crippen molar-refractivity contribution in [1.29, 1.82) is 0 Å². The number of rotatable bonds is 5. The molecule has 7 heteroatoms. The van der Waals surface area contributed by atoms with Crippen molar-refractivity contribution in [2.24, 2.45) is 4.99 Å². The van der Waals surface area contributed by atoms with E-state index in [2.05, 4.69) is 15.6 Å². The molecule has 2 aliphatic rings. The lowest BCUT2D eigenvalue weighted by molar-refractivity contribution is 0.0992. The lowest BCUT2D eigenvalue weighted by Crippen LogP contribution is -2.47. The fourth-order valence-electron chi connectivity index (χ4n) is 3.48. The zero-order valence-corrected chi connectivity index (χ0v) is 15.0. The minimum absolute atomic E-state index is 0.0658. The molecule has 2 fully saturated rings. The summed E-state index contributed by atoms with van der Waals surface area (Å²) in [6, 6.07) is 7.95. The van der Waals surface area contributed by atoms with Crippen molar-refractivity contribution in [2.45, 2.75) is 49.8 Å². The third-order valence-corrected chi connectivity index (χ3v) is 5.39. The van der Waals surface area contributed by atoms with Crippen LogP contribution in [0.5, 0.6) is 0 Å². The van der Waals surface area contributed by atoms with Gasteiger partial charge in [-0.3, -0.25) is 4.99 Å². The fraction of sp³-hybridized carbons (Fsp3) is 0.588. The SMILES string of the molecule is CN=C(NCc1cccc(CS(C)(=O)=O)c1)NC1CC2CCC1O2. The first-order valence-electron chi connectivity index (χ1n) is 8.31. The highest BCUT2D eigenvalue weighted by Crippen LogP contribution is 2.34. The zero-order chi connectivity index (χ0) is 17.2. The summed E-state index contributed by atoms with van der Waals surface area (Å²) < 4.78 is 28.7. The minimum atomic E-state index is -3.02. The van der Waals surface area contributed by atoms with Crippen molar-refractivity contribution in [3.8, 4) is 0 Å². The van der Waals surface area contributed by atoms with Crippen molar-refractivity contribution in [3.05, 3.63) is 35.4 Å². The second-order valence-corrected chi connectivity index (χ2v) is 8.82. The Labute approximate surface area is 143 Å². The number of nitrogens with zero attached hydrogens (tertiary/aromatic N) is 1. The summed E-state index contributed by atoms with van der Waals surface area (Å²) in [6.07, 6.45) is 5.27. The van der Waals surface area contributed by atoms with Crippen LogP contribution in [0.2, 0.25) is 0 Å². The van der Waals surface area contributed by atoms with Crippen LogP contribution in [0.25, 0.3) is 0 Å². The Bertz CT molecular complexity index is 718. The summed E-state index contributed by atoms with van der Waals surface area (Å²) in [7, 11) is -1.27. The highest BCUT2D eigenvalue weighted by Gasteiger charge is 2.41. The molecule has 2 heterocycles. The fourth-order valence-corrected chi connectivity index (χ4v) is 4.26. The second-order valence-electron chi connectivity index (χ2n) is 6.68. The molecule has 2 N–H and O–H groups in total. The van der Waals surface area contributed by atoms with E-state index >= 15 is 0 Å². The van der Waals surface area contributed by atoms with E-state index in [0.29, 0.717) is 24.8 Å². The number of hydrogen-bond acceptors (Lipinski definition) is 4. The van der Waals surface area contributed by atoms with Gasteiger partial charge in [-0.05, 0) is 30.4 Å². The quantitative estimate of drug-likeness (QED) is 0.616. The van der Waals surface area contributed by atoms with Gasteiger partial charge in [-0.25, -0.2) is 8.42 Å². The second kappa shape index (κ2) is 7.11. The molecule has 2 bridgehead atoms. The Balaban J connectivity index is 1.55. The molecule has 2 aliphatic heterocycles. The number of ether oxygens (including phenoxy) is 1. The summed E-state index contributed by atoms with van der Waals surface area (Å²) in [5.41, 5.74) is 1.84. The van der Waals surface area contributed by atoms with Crippen LogP contribution < -0.4 is 10.6 Å². The number of hydrogen-bond donors (Lipinski definition) is 2. The Morgan fingerprint density at radius 1 is 1.33 bits per heavy atom. The van der Waals surface area contributed by atoms with Crippen LogP contribution in [0.1, 0.15) is 30.4 Å². The van der Waals surface area contributed by atoms with Crippen molar-refractivity contribution in [3.63, 3.8) is 0 Å². The molecule has 0 spiro atoms. The number of aliphatic imine (C=N–C) groups is 1. The van der Waals surface area contributed by atoms with Gasteiger partial charge in [-0.1, -0.05) is 24.3 Å². The van der Waals surface area contributed by atoms with Gasteiger partial charge in [0, 0.05) is 19.8 Å². The molecule has 3 atom stereocenters. The molecule has 132 valence electrons. The Morgan fingerprint density at radius 3 is 2.75 bits per heavy atom. The maximum Gasteiger partial charge on any atom is 0.191 e. The number of nitrogens with one attached hydrogen (secondary N) is 2. The predicted molar refractivity (Wildman–Crippen MR) is 94.6 cm³/mol. The van der Waals surface area contributed by atoms with Gasteiger partial charge in [-0.2, -0.15) is 0 Å². The van der Waals surface area contributed by atoms with Gasteiger partial charge in [-0.15, -0.1) is 0 Å². The van der Waals surface area contributed by atoms with Gasteiger partial charge in [0.15, 0.2) is 15.8 Å². The Kier molecular flexibility index (Phi) is 5.10. The molecule has 1 aromatic carbocycles. The molecule has 1 aromatic rings. The number of guanidine groups is 1. The minimum Gasteiger partial charge on any atom is -0.373 e. The average Bonchev–Trinajstić information content (AvgIpc) is 3.12. The van der Waals surface area contributed by atoms with Gasteiger partial charge in [0.25, 0.3) is 0 Å². The highest BCUT2D eigenvalue weighted by molar-refractivity contribution is 7.89. The van der Waals surface area contributed by atoms with Gasteiger partial charge in [0.05, 0.1) is 24.0 Å². The van der Waals surface area contributed by atoms with Gasteiger partial charge in [0.1, 0.15) is 0 Å². The highest BCUT2D eigenvalue weighted by atomic mass is 32.2. The molecule has 0 aromatic heterocycles. The maximum atomic E-state index is 11.4. The molecule has 3 rings (SSSR count). The van der Waals surface area contributed by atoms with Crippen molar-refractivity contribution < 1.29 is 13.2 Å². The summed E-state index contributed by atoms with van der Waals surface area (Å²) in [4.78, 5) is 4.28. The van der Waals surface area contributed by atoms with Crippen molar-refractivity contribution in [2.75, 3.05) is 13.3 Å². The third-order valence-electron chi connectivity index (χ3n) is 4.53. The first kappa shape index (κ1) is 17.2. The van der Waals surface area contributed by atoms with E-state index in [-0.39, 0.29) is 5.75 Å². The van der Waals surface area contributed by atoms with E-state index in [1.807, 2.05) is 24.3 Å². The molecule has 6 nitrogen and oxygen atoms in total. The van der Waals surface area contributed by atoms with E-state index in [1.54, 1.807) is 7.05 Å². The maximum absolute atomic E-state index is 11.4. The topological polar surface area (TPSA) is 79.8 Å². The molecule has 0 amide bonds. The Hall–Kier alpha value is -1.60. The first-order chi connectivity index (χ1) is 11.4. The van der Waals surface area contributed by atoms with Crippen LogP contribution >= 0.6 is 0 Å². The summed E-state index contributed by atoms with van der Waals surface area (Å²) >= 11 is 0. The van der Waals surface area contributed by atoms with Crippen molar-refractivity contribution in [1.82, 2.24) is 10.6 Å². The van der Waals surface area contributed by atoms with Crippen molar-refractivity contribution >= 4 is 15.8 Å². The molecule has 0 radical (unpaired) electrons. The van der Waals surface area contributed by atoms with Crippen LogP contribution in [0.4, 0.5) is 0 Å². The monoisotopic (exact) mass is 351 g/mol. The van der Waals surface area contributed by atoms with E-state index < -0.39 is 9.84 Å². The molecule has 0 saturated carbocycles. The predicted octanol–water partition coefficient (Wildman–Crippen LogP) is 1.22. The van der Waals surface area contributed by atoms with Gasteiger partial charge < -0.3 is 15.4 Å². The van der Waals surface area contributed by atoms with E-state index in [1.165, 1.54) is 12.7 Å². The molecular formula is C17H25N3O3S. The zero-order valence-electron chi connectivity index (χ0n) is 14.2. The first-order valence-corrected chi connectivity index (χ1v) is 10.4. The lowest BCUT2D eigenvalue weighted by atomic mass is 9.96. The van der Waals surface area contributed by atoms with Crippen LogP contribution in [0.15, 0.2) is 29.3 Å². The van der Waals surface area contributed by atoms with E-state index in [9.17, 15) is 8.42 Å². The standard InChI is InChI=1S/C17H25N3O3S/c1-18-17(20-15-9-14-6-7-16(15)23-14)19-10-12-4-3-5-13(8-12)11-24(2,21)22/h3-5,8,14-16H,6-7,9-11H2,1-2H3,(H2,18,19,20). The van der Waals surface area contributed by atoms with Gasteiger partial charge >= 0.3 is 0 Å². The summed E-state index contributed by atoms with van der Waals surface area (Å²) in [6.45, 7) is 0.596. The van der Waals surface area contributed by atoms with E-state index in [0.717, 1.165) is 29.9 Å². The summed E-state index contributed by atoms with van der Waals surface area (Å²) in [5.74, 6) is 0.820. The smallest absolute Gasteiger partial charge is 0.191 e. The molecule has 24 heavy (non-hydrogen) atoms. The van der Waals surface area contributed by atoms with Gasteiger partial charge in [0.2, 0.25) is 0 Å². The normalized spacial score (nSPS) is 26.6. The average molecular weight is 351 g/mol. The Morgan fingerprint density at radius 2 is 2.12 bits per heavy atom. The molecule has 0 aliphatic carbocycles. The van der Waals surface area contributed by atoms with Crippen LogP contribution in [0, 0.1) is 0 Å². The number of fused-ring (bicyclic) bond motifs is 2. The molecule has 2 saturated heterocycles. The lowest BCUT2D eigenvalue weighted by Gasteiger charge is -2.22. The van der Waals surface area contributed by atoms with Crippen LogP contribution in [0.3, 0.4) is 0 Å². The molecular weight excluding hydrogens is 326 g/mol. The number of benzene rings is 1. The van der Waals surface area contributed by atoms with Crippen LogP contribution in [-0.2, 0) is 26.9 Å². The van der Waals surface area contributed by atoms with E-state index in [4.69, 9.17) is 4.74 Å². The largest absolute Gasteiger partial charge is 0.373 e. The molecule has 3 unspecified atom stereocenters. The summed E-state index contributed by atoms with van der Waals surface area (Å²) in [5, 5.41) is 6.73. The third kappa shape index (κ3) is 4.48. The number of sulfone groups is 1.